The second-order valence-electron chi connectivity index (χ2n) is 13.9. The Morgan fingerprint density at radius 2 is 0.552 bits per heavy atom. The quantitative estimate of drug-likeness (QED) is 0.103. The highest BCUT2D eigenvalue weighted by Gasteiger charge is 2.12. The van der Waals surface area contributed by atoms with Crippen molar-refractivity contribution in [3.05, 3.63) is 217 Å². The van der Waals surface area contributed by atoms with Crippen molar-refractivity contribution in [2.45, 2.75) is 26.2 Å². The van der Waals surface area contributed by atoms with E-state index in [2.05, 4.69) is 213 Å². The van der Waals surface area contributed by atoms with Gasteiger partial charge in [0.25, 0.3) is 0 Å². The van der Waals surface area contributed by atoms with Gasteiger partial charge in [0.15, 0.2) is 75.8 Å². The molecule has 5 aromatic heterocycles. The summed E-state index contributed by atoms with van der Waals surface area (Å²) in [6, 6.07) is 51.3. The van der Waals surface area contributed by atoms with Gasteiger partial charge in [-0.3, -0.25) is 0 Å². The maximum absolute atomic E-state index is 5.07. The molecule has 290 valence electrons. The number of nitrogens with zero attached hydrogens (tertiary/aromatic N) is 6. The van der Waals surface area contributed by atoms with Crippen LogP contribution in [0.5, 0.6) is 0 Å². The van der Waals surface area contributed by atoms with Crippen LogP contribution in [0.3, 0.4) is 0 Å². The molecule has 0 spiro atoms. The first-order chi connectivity index (χ1) is 26.7. The van der Waals surface area contributed by atoms with E-state index in [0.717, 1.165) is 48.2 Å². The van der Waals surface area contributed by atoms with Gasteiger partial charge in [-0.25, -0.2) is 28.2 Å². The molecule has 4 aromatic carbocycles. The van der Waals surface area contributed by atoms with Crippen molar-refractivity contribution >= 4 is 22.1 Å². The molecule has 0 radical (unpaired) electrons. The zero-order valence-corrected chi connectivity index (χ0v) is 37.8. The molecule has 0 atom stereocenters. The lowest BCUT2D eigenvalue weighted by Gasteiger charge is -2.06. The van der Waals surface area contributed by atoms with Crippen LogP contribution in [0.25, 0.3) is 44.3 Å². The van der Waals surface area contributed by atoms with E-state index in [1.807, 2.05) is 0 Å². The van der Waals surface area contributed by atoms with Gasteiger partial charge in [0, 0.05) is 70.8 Å². The lowest BCUT2D eigenvalue weighted by atomic mass is 10.1. The molecular weight excluding hydrogens is 980 g/mol. The van der Waals surface area contributed by atoms with Crippen LogP contribution >= 0.6 is 0 Å². The fraction of sp³-hybridized carbons (Fsp3) is 0.0833. The molecule has 0 aliphatic carbocycles. The van der Waals surface area contributed by atoms with Gasteiger partial charge >= 0.3 is 0 Å². The molecule has 5 heterocycles. The Kier molecular flexibility index (Phi) is 15.7. The number of rotatable bonds is 10. The maximum Gasteiger partial charge on any atom is 0.173 e. The lowest BCUT2D eigenvalue weighted by Crippen LogP contribution is -3.00. The van der Waals surface area contributed by atoms with E-state index in [0.29, 0.717) is 0 Å². The van der Waals surface area contributed by atoms with Crippen LogP contribution in [0.15, 0.2) is 195 Å². The summed E-state index contributed by atoms with van der Waals surface area (Å²) in [5, 5.41) is 0. The summed E-state index contributed by atoms with van der Waals surface area (Å²) in [4.78, 5) is 10.0. The zero-order valence-electron chi connectivity index (χ0n) is 31.5. The molecule has 9 rings (SSSR count). The highest BCUT2D eigenvalue weighted by Crippen LogP contribution is 2.21. The van der Waals surface area contributed by atoms with Crippen LogP contribution < -0.4 is 86.2 Å². The van der Waals surface area contributed by atoms with E-state index in [9.17, 15) is 0 Å². The van der Waals surface area contributed by atoms with Gasteiger partial charge in [0.1, 0.15) is 0 Å². The van der Waals surface area contributed by atoms with E-state index in [4.69, 9.17) is 9.97 Å². The first-order valence-corrected chi connectivity index (χ1v) is 18.4. The predicted octanol–water partition coefficient (Wildman–Crippen LogP) is -4.52. The van der Waals surface area contributed by atoms with Crippen molar-refractivity contribution in [1.82, 2.24) is 9.97 Å². The van der Waals surface area contributed by atoms with Crippen molar-refractivity contribution in [2.75, 3.05) is 0 Å². The summed E-state index contributed by atoms with van der Waals surface area (Å²) in [5.41, 5.74) is 13.4. The molecule has 0 saturated carbocycles. The Morgan fingerprint density at radius 3 is 0.862 bits per heavy atom. The third-order valence-electron chi connectivity index (χ3n) is 9.94. The summed E-state index contributed by atoms with van der Waals surface area (Å²) in [6.45, 7) is 3.24. The van der Waals surface area contributed by atoms with E-state index >= 15 is 0 Å². The summed E-state index contributed by atoms with van der Waals surface area (Å²) < 4.78 is 8.83. The Labute approximate surface area is 381 Å². The fourth-order valence-corrected chi connectivity index (χ4v) is 6.99. The van der Waals surface area contributed by atoms with Gasteiger partial charge in [-0.15, -0.1) is 0 Å². The first-order valence-electron chi connectivity index (χ1n) is 18.4. The highest BCUT2D eigenvalue weighted by molar-refractivity contribution is 5.86. The molecule has 10 heteroatoms. The van der Waals surface area contributed by atoms with Gasteiger partial charge < -0.3 is 67.9 Å². The third-order valence-corrected chi connectivity index (χ3v) is 9.94. The predicted molar refractivity (Wildman–Crippen MR) is 211 cm³/mol. The summed E-state index contributed by atoms with van der Waals surface area (Å²) in [7, 11) is 0. The Bertz CT molecular complexity index is 2500. The van der Waals surface area contributed by atoms with Gasteiger partial charge in [0.05, 0.1) is 22.1 Å². The average molecular weight is 1020 g/mol. The minimum absolute atomic E-state index is 0. The van der Waals surface area contributed by atoms with E-state index in [1.165, 1.54) is 44.5 Å². The van der Waals surface area contributed by atoms with Crippen LogP contribution in [-0.2, 0) is 26.2 Å². The third kappa shape index (κ3) is 10.7. The van der Waals surface area contributed by atoms with Crippen molar-refractivity contribution < 1.29 is 86.2 Å². The highest BCUT2D eigenvalue weighted by atomic mass is 79.9. The van der Waals surface area contributed by atoms with E-state index < -0.39 is 0 Å². The summed E-state index contributed by atoms with van der Waals surface area (Å²) in [5.74, 6) is 0. The number of benzene rings is 4. The monoisotopic (exact) mass is 1020 g/mol. The van der Waals surface area contributed by atoms with Crippen molar-refractivity contribution in [3.8, 4) is 22.3 Å². The largest absolute Gasteiger partial charge is 1.00 e. The molecule has 0 fully saturated rings. The molecule has 9 aromatic rings. The maximum atomic E-state index is 5.07. The Hall–Kier alpha value is -5.00. The number of fused-ring (bicyclic) bond motifs is 2. The van der Waals surface area contributed by atoms with E-state index in [1.54, 1.807) is 0 Å². The van der Waals surface area contributed by atoms with E-state index in [-0.39, 0.29) is 67.9 Å². The number of pyridine rings is 4. The molecule has 0 unspecified atom stereocenters. The van der Waals surface area contributed by atoms with Gasteiger partial charge in [0.2, 0.25) is 0 Å². The molecule has 58 heavy (non-hydrogen) atoms. The topological polar surface area (TPSA) is 41.3 Å². The minimum atomic E-state index is 0. The molecule has 0 N–H and O–H groups in total. The minimum Gasteiger partial charge on any atom is -1.00 e. The first kappa shape index (κ1) is 44.1. The number of halogens is 4. The average Bonchev–Trinajstić information content (AvgIpc) is 3.22. The van der Waals surface area contributed by atoms with Crippen LogP contribution in [-0.4, -0.2) is 9.97 Å². The van der Waals surface area contributed by atoms with Gasteiger partial charge in [-0.05, 0) is 46.5 Å². The van der Waals surface area contributed by atoms with Crippen LogP contribution in [0.2, 0.25) is 0 Å². The van der Waals surface area contributed by atoms with Crippen molar-refractivity contribution in [2.24, 2.45) is 0 Å². The molecule has 0 aliphatic rings. The SMILES string of the molecule is [Br-].[Br-].[Br-].[Br-].c1ccc(C[n+]2ccc(-c3cc[n+](Cc4ccc5nc6ccc(C[n+]7ccc(-c8cc[n+](Cc9ccccc9)cc8)cc7)cc6nc5c4)cc3)cc2)cc1. The molecule has 6 nitrogen and oxygen atoms in total. The molecule has 0 aliphatic heterocycles. The second-order valence-corrected chi connectivity index (χ2v) is 13.9. The van der Waals surface area contributed by atoms with Crippen molar-refractivity contribution in [1.29, 1.82) is 0 Å². The fourth-order valence-electron chi connectivity index (χ4n) is 6.99. The van der Waals surface area contributed by atoms with Gasteiger partial charge in [-0.1, -0.05) is 72.8 Å². The Balaban J connectivity index is 0.00000160. The Morgan fingerprint density at radius 1 is 0.276 bits per heavy atom. The normalized spacial score (nSPS) is 10.5. The molecule has 0 amide bonds. The molecule has 0 saturated heterocycles. The van der Waals surface area contributed by atoms with Crippen LogP contribution in [0, 0.1) is 0 Å². The number of hydrogen-bond donors (Lipinski definition) is 0. The molecular formula is C48H40Br4N6. The molecule has 0 bridgehead atoms. The lowest BCUT2D eigenvalue weighted by molar-refractivity contribution is -0.688. The van der Waals surface area contributed by atoms with Crippen LogP contribution in [0.4, 0.5) is 0 Å². The standard InChI is InChI=1S/C48H40N6.4BrH/c1-3-7-37(8-4-1)33-51-23-15-41(16-24-51)43-19-27-53(28-20-43)35-39-11-13-45-47(31-39)50-48-32-40(12-14-46(48)49-45)36-54-29-21-44(22-30-54)42-17-25-52(26-18-42)34-38-9-5-2-6-10-38;;;;/h1-32H,33-36H2;4*1H/q+4;;;;/p-4. The van der Waals surface area contributed by atoms with Crippen LogP contribution in [0.1, 0.15) is 22.3 Å². The van der Waals surface area contributed by atoms with Gasteiger partial charge in [-0.2, -0.15) is 0 Å². The number of aromatic nitrogens is 6. The van der Waals surface area contributed by atoms with Crippen molar-refractivity contribution in [3.63, 3.8) is 0 Å². The summed E-state index contributed by atoms with van der Waals surface area (Å²) >= 11 is 0. The summed E-state index contributed by atoms with van der Waals surface area (Å²) in [6.07, 6.45) is 17.2. The number of hydrogen-bond acceptors (Lipinski definition) is 2. The smallest absolute Gasteiger partial charge is 0.173 e. The zero-order chi connectivity index (χ0) is 36.1. The second kappa shape index (κ2) is 20.6.